The van der Waals surface area contributed by atoms with Crippen LogP contribution in [0.15, 0.2) is 54.6 Å². The molecule has 4 N–H and O–H groups in total. The number of hydrogen-bond acceptors (Lipinski definition) is 4. The molecule has 0 radical (unpaired) electrons. The topological polar surface area (TPSA) is 108 Å². The van der Waals surface area contributed by atoms with Gasteiger partial charge in [0, 0.05) is 35.7 Å². The summed E-state index contributed by atoms with van der Waals surface area (Å²) in [5.74, 6) is -0.713. The van der Waals surface area contributed by atoms with E-state index in [1.54, 1.807) is 23.7 Å². The highest BCUT2D eigenvalue weighted by Gasteiger charge is 2.25. The number of carbonyl (C=O) groups excluding carboxylic acids is 3. The number of unbranched alkanes of at least 4 members (excludes halogenated alkanes) is 2. The van der Waals surface area contributed by atoms with E-state index < -0.39 is 5.91 Å². The third-order valence-corrected chi connectivity index (χ3v) is 5.71. The third kappa shape index (κ3) is 9.39. The molecule has 2 aromatic carbocycles. The maximum Gasteiger partial charge on any atom is 0.252 e. The van der Waals surface area contributed by atoms with Gasteiger partial charge in [0.05, 0.1) is 0 Å². The predicted molar refractivity (Wildman–Crippen MR) is 137 cm³/mol. The summed E-state index contributed by atoms with van der Waals surface area (Å²) < 4.78 is 0. The number of amides is 3. The van der Waals surface area contributed by atoms with Gasteiger partial charge in [0.15, 0.2) is 0 Å². The lowest BCUT2D eigenvalue weighted by atomic mass is 10.0. The number of rotatable bonds is 12. The van der Waals surface area contributed by atoms with Crippen molar-refractivity contribution in [3.8, 4) is 0 Å². The monoisotopic (exact) mass is 495 g/mol. The average Bonchev–Trinajstić information content (AvgIpc) is 3.67. The molecule has 2 aromatic rings. The fraction of sp³-hybridized carbons (Fsp3) is 0.296. The van der Waals surface area contributed by atoms with Crippen LogP contribution in [-0.2, 0) is 14.4 Å². The average molecular weight is 496 g/mol. The van der Waals surface area contributed by atoms with E-state index in [4.69, 9.17) is 16.8 Å². The molecular weight excluding hydrogens is 466 g/mol. The van der Waals surface area contributed by atoms with E-state index in [0.717, 1.165) is 42.4 Å². The Balaban J connectivity index is 1.55. The van der Waals surface area contributed by atoms with Gasteiger partial charge in [-0.25, -0.2) is 5.48 Å². The molecule has 0 unspecified atom stereocenters. The molecule has 184 valence electrons. The Labute approximate surface area is 210 Å². The number of hydrogen-bond donors (Lipinski definition) is 4. The lowest BCUT2D eigenvalue weighted by molar-refractivity contribution is -0.129. The van der Waals surface area contributed by atoms with Crippen molar-refractivity contribution in [1.29, 1.82) is 0 Å². The summed E-state index contributed by atoms with van der Waals surface area (Å²) in [4.78, 5) is 35.8. The van der Waals surface area contributed by atoms with Crippen LogP contribution in [0.1, 0.15) is 55.2 Å². The fourth-order valence-electron chi connectivity index (χ4n) is 3.38. The zero-order chi connectivity index (χ0) is 25.0. The summed E-state index contributed by atoms with van der Waals surface area (Å²) in [5, 5.41) is 14.9. The lowest BCUT2D eigenvalue weighted by Crippen LogP contribution is -2.26. The molecule has 0 aliphatic heterocycles. The molecule has 3 rings (SSSR count). The Morgan fingerprint density at radius 1 is 1.00 bits per heavy atom. The third-order valence-electron chi connectivity index (χ3n) is 5.47. The first kappa shape index (κ1) is 26.2. The van der Waals surface area contributed by atoms with Crippen molar-refractivity contribution in [2.45, 2.75) is 44.6 Å². The summed E-state index contributed by atoms with van der Waals surface area (Å²) in [6, 6.07) is 15.1. The molecule has 1 saturated carbocycles. The SMILES string of the molecule is O=C(/C=C/c1ccc(/C=C(/C(=O)NC2CC2)c2cccc(Cl)c2)cc1)NCCCCCC(=O)NO. The molecule has 0 atom stereocenters. The van der Waals surface area contributed by atoms with Crippen LogP contribution in [0.5, 0.6) is 0 Å². The number of halogens is 1. The highest BCUT2D eigenvalue weighted by Crippen LogP contribution is 2.25. The van der Waals surface area contributed by atoms with Crippen molar-refractivity contribution in [3.63, 3.8) is 0 Å². The van der Waals surface area contributed by atoms with Gasteiger partial charge in [0.1, 0.15) is 0 Å². The van der Waals surface area contributed by atoms with Crippen LogP contribution in [0.25, 0.3) is 17.7 Å². The Bertz CT molecular complexity index is 1090. The minimum atomic E-state index is -0.402. The van der Waals surface area contributed by atoms with Crippen molar-refractivity contribution < 1.29 is 19.6 Å². The van der Waals surface area contributed by atoms with Crippen molar-refractivity contribution in [1.82, 2.24) is 16.1 Å². The van der Waals surface area contributed by atoms with Gasteiger partial charge >= 0.3 is 0 Å². The van der Waals surface area contributed by atoms with E-state index in [-0.39, 0.29) is 24.3 Å². The molecule has 1 fully saturated rings. The van der Waals surface area contributed by atoms with E-state index in [0.29, 0.717) is 23.6 Å². The van der Waals surface area contributed by atoms with E-state index in [9.17, 15) is 14.4 Å². The smallest absolute Gasteiger partial charge is 0.252 e. The summed E-state index contributed by atoms with van der Waals surface area (Å²) in [6.45, 7) is 0.517. The van der Waals surface area contributed by atoms with Gasteiger partial charge in [0.25, 0.3) is 5.91 Å². The molecule has 8 heteroatoms. The standard InChI is InChI=1S/C27H30ClN3O4/c28-22-6-4-5-21(18-22)24(27(34)30-23-13-14-23)17-20-10-8-19(9-11-20)12-15-25(32)29-16-3-1-2-7-26(33)31-35/h4-6,8-12,15,17-18,23,35H,1-3,7,13-14,16H2,(H,29,32)(H,30,34)(H,31,33)/b15-12+,24-17+. The molecular formula is C27H30ClN3O4. The Hall–Kier alpha value is -3.42. The number of hydroxylamine groups is 1. The first-order chi connectivity index (χ1) is 16.9. The molecule has 1 aliphatic carbocycles. The summed E-state index contributed by atoms with van der Waals surface area (Å²) in [6.07, 6.45) is 9.51. The minimum Gasteiger partial charge on any atom is -0.353 e. The Kier molecular flexibility index (Phi) is 10.1. The van der Waals surface area contributed by atoms with Gasteiger partial charge in [0.2, 0.25) is 11.8 Å². The molecule has 35 heavy (non-hydrogen) atoms. The summed E-state index contributed by atoms with van der Waals surface area (Å²) in [7, 11) is 0. The van der Waals surface area contributed by atoms with Crippen molar-refractivity contribution in [3.05, 3.63) is 76.3 Å². The molecule has 0 bridgehead atoms. The van der Waals surface area contributed by atoms with Crippen LogP contribution >= 0.6 is 11.6 Å². The minimum absolute atomic E-state index is 0.118. The maximum atomic E-state index is 12.8. The Morgan fingerprint density at radius 3 is 2.43 bits per heavy atom. The Morgan fingerprint density at radius 2 is 1.74 bits per heavy atom. The fourth-order valence-corrected chi connectivity index (χ4v) is 3.57. The number of benzene rings is 2. The first-order valence-electron chi connectivity index (χ1n) is 11.7. The van der Waals surface area contributed by atoms with Crippen LogP contribution < -0.4 is 16.1 Å². The molecule has 3 amide bonds. The number of nitrogens with one attached hydrogen (secondary N) is 3. The van der Waals surface area contributed by atoms with Gasteiger partial charge < -0.3 is 10.6 Å². The van der Waals surface area contributed by atoms with E-state index in [2.05, 4.69) is 10.6 Å². The van der Waals surface area contributed by atoms with Gasteiger partial charge in [-0.2, -0.15) is 0 Å². The highest BCUT2D eigenvalue weighted by molar-refractivity contribution is 6.31. The van der Waals surface area contributed by atoms with Gasteiger partial charge in [-0.3, -0.25) is 19.6 Å². The second-order valence-electron chi connectivity index (χ2n) is 8.45. The zero-order valence-corrected chi connectivity index (χ0v) is 20.2. The maximum absolute atomic E-state index is 12.8. The molecule has 1 aliphatic rings. The van der Waals surface area contributed by atoms with E-state index >= 15 is 0 Å². The van der Waals surface area contributed by atoms with E-state index in [1.807, 2.05) is 42.5 Å². The van der Waals surface area contributed by atoms with Crippen LogP contribution in [0.4, 0.5) is 0 Å². The molecule has 0 aromatic heterocycles. The summed E-state index contributed by atoms with van der Waals surface area (Å²) in [5.41, 5.74) is 4.63. The van der Waals surface area contributed by atoms with E-state index in [1.165, 1.54) is 6.08 Å². The normalized spacial score (nSPS) is 13.5. The molecule has 0 heterocycles. The van der Waals surface area contributed by atoms with Gasteiger partial charge in [-0.05, 0) is 66.7 Å². The molecule has 0 spiro atoms. The zero-order valence-electron chi connectivity index (χ0n) is 19.4. The molecule has 0 saturated heterocycles. The quantitative estimate of drug-likeness (QED) is 0.115. The van der Waals surface area contributed by atoms with Crippen molar-refractivity contribution in [2.75, 3.05) is 6.54 Å². The number of carbonyl (C=O) groups is 3. The molecule has 7 nitrogen and oxygen atoms in total. The van der Waals surface area contributed by atoms with Crippen molar-refractivity contribution in [2.24, 2.45) is 0 Å². The highest BCUT2D eigenvalue weighted by atomic mass is 35.5. The largest absolute Gasteiger partial charge is 0.353 e. The van der Waals surface area contributed by atoms with Crippen LogP contribution in [0.3, 0.4) is 0 Å². The van der Waals surface area contributed by atoms with Crippen molar-refractivity contribution >= 4 is 47.0 Å². The van der Waals surface area contributed by atoms with Crippen LogP contribution in [0.2, 0.25) is 5.02 Å². The second kappa shape index (κ2) is 13.5. The van der Waals surface area contributed by atoms with Crippen LogP contribution in [-0.4, -0.2) is 35.5 Å². The first-order valence-corrected chi connectivity index (χ1v) is 12.1. The van der Waals surface area contributed by atoms with Gasteiger partial charge in [-0.1, -0.05) is 54.4 Å². The van der Waals surface area contributed by atoms with Crippen LogP contribution in [0, 0.1) is 0 Å². The predicted octanol–water partition coefficient (Wildman–Crippen LogP) is 4.35. The lowest BCUT2D eigenvalue weighted by Gasteiger charge is -2.10. The summed E-state index contributed by atoms with van der Waals surface area (Å²) >= 11 is 6.14. The van der Waals surface area contributed by atoms with Gasteiger partial charge in [-0.15, -0.1) is 0 Å². The second-order valence-corrected chi connectivity index (χ2v) is 8.89.